The second kappa shape index (κ2) is 12.1. The largest absolute Gasteiger partial charge is 0.309 e. The summed E-state index contributed by atoms with van der Waals surface area (Å²) in [6.07, 6.45) is 0. The molecule has 0 aliphatic heterocycles. The molecule has 0 fully saturated rings. The number of rotatable bonds is 5. The van der Waals surface area contributed by atoms with Crippen molar-refractivity contribution in [2.75, 3.05) is 0 Å². The van der Waals surface area contributed by atoms with Gasteiger partial charge in [0.2, 0.25) is 0 Å². The molecule has 242 valence electrons. The lowest BCUT2D eigenvalue weighted by atomic mass is 10.0. The highest BCUT2D eigenvalue weighted by Crippen LogP contribution is 2.42. The Kier molecular flexibility index (Phi) is 6.98. The smallest absolute Gasteiger partial charge is 0.164 e. The van der Waals surface area contributed by atoms with Gasteiger partial charge >= 0.3 is 0 Å². The Balaban J connectivity index is 1.19. The van der Waals surface area contributed by atoms with Crippen LogP contribution in [0.1, 0.15) is 5.56 Å². The molecule has 0 aliphatic carbocycles. The zero-order chi connectivity index (χ0) is 34.6. The van der Waals surface area contributed by atoms with E-state index in [1.165, 1.54) is 25.7 Å². The van der Waals surface area contributed by atoms with E-state index in [0.29, 0.717) is 23.0 Å². The van der Waals surface area contributed by atoms with Crippen LogP contribution in [0.5, 0.6) is 0 Å². The highest BCUT2D eigenvalue weighted by Gasteiger charge is 2.18. The van der Waals surface area contributed by atoms with Gasteiger partial charge in [0, 0.05) is 53.3 Å². The molecule has 0 atom stereocenters. The fourth-order valence-electron chi connectivity index (χ4n) is 7.23. The minimum absolute atomic E-state index is 0.596. The first-order valence-electron chi connectivity index (χ1n) is 17.1. The van der Waals surface area contributed by atoms with Crippen molar-refractivity contribution in [2.24, 2.45) is 0 Å². The number of nitriles is 1. The highest BCUT2D eigenvalue weighted by molar-refractivity contribution is 7.26. The van der Waals surface area contributed by atoms with Crippen molar-refractivity contribution >= 4 is 53.3 Å². The first-order valence-corrected chi connectivity index (χ1v) is 17.9. The number of benzene rings is 7. The molecule has 3 heterocycles. The zero-order valence-corrected chi connectivity index (χ0v) is 28.5. The predicted molar refractivity (Wildman–Crippen MR) is 214 cm³/mol. The average Bonchev–Trinajstić information content (AvgIpc) is 3.76. The highest BCUT2D eigenvalue weighted by atomic mass is 32.1. The molecular weight excluding hydrogens is 655 g/mol. The van der Waals surface area contributed by atoms with E-state index in [1.807, 2.05) is 84.1 Å². The van der Waals surface area contributed by atoms with Gasteiger partial charge < -0.3 is 4.57 Å². The van der Waals surface area contributed by atoms with Crippen molar-refractivity contribution in [3.63, 3.8) is 0 Å². The van der Waals surface area contributed by atoms with Crippen LogP contribution >= 0.6 is 11.3 Å². The first kappa shape index (κ1) is 29.9. The minimum atomic E-state index is 0.596. The molecule has 10 rings (SSSR count). The Labute approximate surface area is 303 Å². The molecule has 0 saturated heterocycles. The summed E-state index contributed by atoms with van der Waals surface area (Å²) < 4.78 is 4.85. The van der Waals surface area contributed by atoms with E-state index in [1.54, 1.807) is 0 Å². The van der Waals surface area contributed by atoms with Gasteiger partial charge in [-0.3, -0.25) is 0 Å². The summed E-state index contributed by atoms with van der Waals surface area (Å²) in [6.45, 7) is 0. The third kappa shape index (κ3) is 4.95. The lowest BCUT2D eigenvalue weighted by Crippen LogP contribution is -2.01. The maximum absolute atomic E-state index is 9.84. The number of nitrogens with zero attached hydrogens (tertiary/aromatic N) is 5. The van der Waals surface area contributed by atoms with Crippen LogP contribution in [0.15, 0.2) is 164 Å². The van der Waals surface area contributed by atoms with Gasteiger partial charge in [0.05, 0.1) is 22.7 Å². The van der Waals surface area contributed by atoms with Crippen molar-refractivity contribution in [3.8, 4) is 57.0 Å². The quantitative estimate of drug-likeness (QED) is 0.181. The molecule has 0 spiro atoms. The standard InChI is InChI=1S/C46H27N5S/c47-28-29-21-24-40-39(25-29)36-23-22-32(35-18-10-19-38-37-17-7-8-20-42(37)52-43(35)38)27-41(36)51(40)34-16-9-15-33(26-34)46-49-44(30-11-3-1-4-12-30)48-45(50-46)31-13-5-2-6-14-31/h1-27H. The van der Waals surface area contributed by atoms with Crippen molar-refractivity contribution in [2.45, 2.75) is 0 Å². The average molecular weight is 682 g/mol. The summed E-state index contributed by atoms with van der Waals surface area (Å²) in [6, 6.07) is 58.6. The van der Waals surface area contributed by atoms with Crippen LogP contribution in [0.4, 0.5) is 0 Å². The van der Waals surface area contributed by atoms with E-state index >= 15 is 0 Å². The second-order valence-corrected chi connectivity index (χ2v) is 13.8. The van der Waals surface area contributed by atoms with Crippen molar-refractivity contribution in [3.05, 3.63) is 169 Å². The number of hydrogen-bond acceptors (Lipinski definition) is 5. The van der Waals surface area contributed by atoms with Gasteiger partial charge in [0.1, 0.15) is 0 Å². The monoisotopic (exact) mass is 681 g/mol. The van der Waals surface area contributed by atoms with E-state index in [9.17, 15) is 5.26 Å². The first-order chi connectivity index (χ1) is 25.7. The van der Waals surface area contributed by atoms with Gasteiger partial charge in [-0.1, -0.05) is 121 Å². The molecule has 0 saturated carbocycles. The summed E-state index contributed by atoms with van der Waals surface area (Å²) in [7, 11) is 0. The number of fused-ring (bicyclic) bond motifs is 6. The third-order valence-electron chi connectivity index (χ3n) is 9.67. The van der Waals surface area contributed by atoms with Crippen molar-refractivity contribution in [1.29, 1.82) is 5.26 Å². The molecule has 0 amide bonds. The Morgan fingerprint density at radius 1 is 0.462 bits per heavy atom. The van der Waals surface area contributed by atoms with Gasteiger partial charge in [-0.25, -0.2) is 15.0 Å². The van der Waals surface area contributed by atoms with Crippen LogP contribution in [-0.2, 0) is 0 Å². The number of thiophene rings is 1. The molecule has 5 nitrogen and oxygen atoms in total. The Morgan fingerprint density at radius 2 is 1.12 bits per heavy atom. The van der Waals surface area contributed by atoms with E-state index in [0.717, 1.165) is 49.7 Å². The SMILES string of the molecule is N#Cc1ccc2c(c1)c1ccc(-c3cccc4c3sc3ccccc34)cc1n2-c1cccc(-c2nc(-c3ccccc3)nc(-c3ccccc3)n2)c1. The van der Waals surface area contributed by atoms with E-state index in [4.69, 9.17) is 15.0 Å². The summed E-state index contributed by atoms with van der Waals surface area (Å²) >= 11 is 1.84. The summed E-state index contributed by atoms with van der Waals surface area (Å²) in [5, 5.41) is 14.5. The number of hydrogen-bond donors (Lipinski definition) is 0. The molecule has 0 N–H and O–H groups in total. The van der Waals surface area contributed by atoms with Gasteiger partial charge in [-0.2, -0.15) is 5.26 Å². The lowest BCUT2D eigenvalue weighted by molar-refractivity contribution is 1.07. The molecule has 0 radical (unpaired) electrons. The Bertz CT molecular complexity index is 2970. The Morgan fingerprint density at radius 3 is 1.87 bits per heavy atom. The molecule has 7 aromatic carbocycles. The Hall–Kier alpha value is -6.94. The van der Waals surface area contributed by atoms with Gasteiger partial charge in [-0.15, -0.1) is 11.3 Å². The van der Waals surface area contributed by atoms with Crippen LogP contribution in [-0.4, -0.2) is 19.5 Å². The number of aromatic nitrogens is 4. The molecule has 52 heavy (non-hydrogen) atoms. The second-order valence-electron chi connectivity index (χ2n) is 12.8. The van der Waals surface area contributed by atoms with Crippen molar-refractivity contribution in [1.82, 2.24) is 19.5 Å². The summed E-state index contributed by atoms with van der Waals surface area (Å²) in [4.78, 5) is 14.9. The van der Waals surface area contributed by atoms with E-state index in [2.05, 4.69) is 102 Å². The maximum atomic E-state index is 9.84. The van der Waals surface area contributed by atoms with Gasteiger partial charge in [-0.05, 0) is 53.6 Å². The molecule has 0 bridgehead atoms. The molecule has 10 aromatic rings. The van der Waals surface area contributed by atoms with Crippen LogP contribution < -0.4 is 0 Å². The molecule has 3 aromatic heterocycles. The lowest BCUT2D eigenvalue weighted by Gasteiger charge is -2.12. The minimum Gasteiger partial charge on any atom is -0.309 e. The van der Waals surface area contributed by atoms with Crippen LogP contribution in [0, 0.1) is 11.3 Å². The van der Waals surface area contributed by atoms with Crippen LogP contribution in [0.2, 0.25) is 0 Å². The molecular formula is C46H27N5S. The zero-order valence-electron chi connectivity index (χ0n) is 27.7. The van der Waals surface area contributed by atoms with Crippen molar-refractivity contribution < 1.29 is 0 Å². The fourth-order valence-corrected chi connectivity index (χ4v) is 8.47. The molecule has 0 aliphatic rings. The van der Waals surface area contributed by atoms with Crippen LogP contribution in [0.3, 0.4) is 0 Å². The summed E-state index contributed by atoms with van der Waals surface area (Å²) in [5.74, 6) is 1.84. The predicted octanol–water partition coefficient (Wildman–Crippen LogP) is 11.9. The van der Waals surface area contributed by atoms with Gasteiger partial charge in [0.25, 0.3) is 0 Å². The topological polar surface area (TPSA) is 67.4 Å². The van der Waals surface area contributed by atoms with E-state index in [-0.39, 0.29) is 0 Å². The molecule has 0 unspecified atom stereocenters. The summed E-state index contributed by atoms with van der Waals surface area (Å²) in [5.41, 5.74) is 8.77. The third-order valence-corrected chi connectivity index (χ3v) is 10.9. The molecule has 6 heteroatoms. The van der Waals surface area contributed by atoms with E-state index < -0.39 is 0 Å². The van der Waals surface area contributed by atoms with Crippen LogP contribution in [0.25, 0.3) is 93.0 Å². The normalized spacial score (nSPS) is 11.4. The fraction of sp³-hybridized carbons (Fsp3) is 0. The van der Waals surface area contributed by atoms with Gasteiger partial charge in [0.15, 0.2) is 17.5 Å². The maximum Gasteiger partial charge on any atom is 0.164 e.